The molecule has 2 N–H and O–H groups in total. The smallest absolute Gasteiger partial charge is 0.262 e. The third-order valence-electron chi connectivity index (χ3n) is 4.19. The first-order chi connectivity index (χ1) is 13.7. The maximum absolute atomic E-state index is 13.3. The van der Waals surface area contributed by atoms with E-state index in [4.69, 9.17) is 0 Å². The first kappa shape index (κ1) is 21.2. The summed E-state index contributed by atoms with van der Waals surface area (Å²) in [5.41, 5.74) is 0.0421. The molecule has 7 nitrogen and oxygen atoms in total. The third-order valence-corrected chi connectivity index (χ3v) is 6.95. The summed E-state index contributed by atoms with van der Waals surface area (Å²) < 4.78 is 80.8. The number of anilines is 1. The van der Waals surface area contributed by atoms with Gasteiger partial charge in [-0.2, -0.15) is 0 Å². The summed E-state index contributed by atoms with van der Waals surface area (Å²) in [6.07, 6.45) is 3.29. The van der Waals surface area contributed by atoms with Gasteiger partial charge in [-0.25, -0.2) is 25.6 Å². The molecule has 0 amide bonds. The molecular formula is C18H19F2N3O4S2. The average Bonchev–Trinajstić information content (AvgIpc) is 2.89. The van der Waals surface area contributed by atoms with E-state index in [-0.39, 0.29) is 10.6 Å². The van der Waals surface area contributed by atoms with Crippen LogP contribution in [0, 0.1) is 11.6 Å². The zero-order valence-electron chi connectivity index (χ0n) is 15.2. The number of rotatable bonds is 5. The van der Waals surface area contributed by atoms with Crippen molar-refractivity contribution in [1.82, 2.24) is 4.72 Å². The van der Waals surface area contributed by atoms with Gasteiger partial charge in [-0.1, -0.05) is 6.42 Å². The van der Waals surface area contributed by atoms with E-state index in [1.54, 1.807) is 0 Å². The van der Waals surface area contributed by atoms with Gasteiger partial charge in [0.15, 0.2) is 0 Å². The monoisotopic (exact) mass is 443 g/mol. The number of amidine groups is 1. The number of nitrogens with one attached hydrogen (secondary N) is 2. The molecule has 0 spiro atoms. The molecule has 156 valence electrons. The van der Waals surface area contributed by atoms with Crippen LogP contribution in [0.1, 0.15) is 25.7 Å². The van der Waals surface area contributed by atoms with Crippen LogP contribution < -0.4 is 9.44 Å². The Kier molecular flexibility index (Phi) is 6.18. The van der Waals surface area contributed by atoms with Crippen molar-refractivity contribution in [2.24, 2.45) is 4.99 Å². The molecule has 29 heavy (non-hydrogen) atoms. The van der Waals surface area contributed by atoms with Gasteiger partial charge in [0.2, 0.25) is 0 Å². The lowest BCUT2D eigenvalue weighted by Crippen LogP contribution is -2.30. The molecule has 0 saturated heterocycles. The second-order valence-electron chi connectivity index (χ2n) is 6.48. The summed E-state index contributed by atoms with van der Waals surface area (Å²) in [4.78, 5) is 3.57. The van der Waals surface area contributed by atoms with Gasteiger partial charge < -0.3 is 0 Å². The zero-order chi connectivity index (χ0) is 21.1. The Hall–Kier alpha value is -2.53. The number of nitrogens with zero attached hydrogens (tertiary/aromatic N) is 1. The lowest BCUT2D eigenvalue weighted by atomic mass is 10.2. The summed E-state index contributed by atoms with van der Waals surface area (Å²) >= 11 is 0. The highest BCUT2D eigenvalue weighted by Gasteiger charge is 2.19. The SMILES string of the molecule is O=S(=O)(NC1=NCCCCC1)c1ccc(NS(=O)(=O)c2cc(F)cc(F)c2)cc1. The number of halogens is 2. The number of hydrogen-bond donors (Lipinski definition) is 2. The van der Waals surface area contributed by atoms with Crippen molar-refractivity contribution in [2.75, 3.05) is 11.3 Å². The summed E-state index contributed by atoms with van der Waals surface area (Å²) in [7, 11) is -8.10. The van der Waals surface area contributed by atoms with E-state index in [1.807, 2.05) is 0 Å². The highest BCUT2D eigenvalue weighted by molar-refractivity contribution is 7.92. The number of sulfonamides is 2. The van der Waals surface area contributed by atoms with Crippen LogP contribution >= 0.6 is 0 Å². The Balaban J connectivity index is 1.76. The fourth-order valence-corrected chi connectivity index (χ4v) is 4.96. The summed E-state index contributed by atoms with van der Waals surface area (Å²) in [5, 5.41) is 0. The minimum Gasteiger partial charge on any atom is -0.280 e. The largest absolute Gasteiger partial charge is 0.280 e. The fourth-order valence-electron chi connectivity index (χ4n) is 2.77. The molecule has 2 aromatic carbocycles. The quantitative estimate of drug-likeness (QED) is 0.741. The van der Waals surface area contributed by atoms with Crippen LogP contribution in [0.2, 0.25) is 0 Å². The first-order valence-corrected chi connectivity index (χ1v) is 11.8. The second-order valence-corrected chi connectivity index (χ2v) is 9.84. The normalized spacial score (nSPS) is 15.3. The summed E-state index contributed by atoms with van der Waals surface area (Å²) in [6.45, 7) is 0.569. The molecule has 1 heterocycles. The second kappa shape index (κ2) is 8.46. The maximum atomic E-state index is 13.3. The van der Waals surface area contributed by atoms with Gasteiger partial charge >= 0.3 is 0 Å². The van der Waals surface area contributed by atoms with E-state index >= 15 is 0 Å². The maximum Gasteiger partial charge on any atom is 0.262 e. The molecule has 0 atom stereocenters. The van der Waals surface area contributed by atoms with Crippen LogP contribution in [0.5, 0.6) is 0 Å². The minimum absolute atomic E-state index is 0.0421. The van der Waals surface area contributed by atoms with Crippen molar-refractivity contribution in [2.45, 2.75) is 35.5 Å². The standard InChI is InChI=1S/C18H19F2N3O4S2/c19-13-10-14(20)12-17(11-13)29(26,27)22-15-5-7-16(8-6-15)28(24,25)23-18-4-2-1-3-9-21-18/h5-8,10-12,22H,1-4,9H2,(H,21,23). The average molecular weight is 443 g/mol. The molecular weight excluding hydrogens is 424 g/mol. The van der Waals surface area contributed by atoms with E-state index in [0.717, 1.165) is 19.3 Å². The molecule has 1 aliphatic heterocycles. The predicted octanol–water partition coefficient (Wildman–Crippen LogP) is 3.02. The van der Waals surface area contributed by atoms with Crippen LogP contribution in [0.4, 0.5) is 14.5 Å². The summed E-state index contributed by atoms with van der Waals surface area (Å²) in [6, 6.07) is 6.87. The molecule has 0 radical (unpaired) electrons. The van der Waals surface area contributed by atoms with Gasteiger partial charge in [0.1, 0.15) is 17.5 Å². The topological polar surface area (TPSA) is 105 Å². The molecule has 0 bridgehead atoms. The fraction of sp³-hybridized carbons (Fsp3) is 0.278. The number of benzene rings is 2. The van der Waals surface area contributed by atoms with Gasteiger partial charge in [-0.3, -0.25) is 14.4 Å². The Morgan fingerprint density at radius 1 is 0.759 bits per heavy atom. The Labute approximate surface area is 168 Å². The molecule has 2 aromatic rings. The molecule has 0 aliphatic carbocycles. The van der Waals surface area contributed by atoms with E-state index < -0.39 is 36.6 Å². The lowest BCUT2D eigenvalue weighted by Gasteiger charge is -2.11. The van der Waals surface area contributed by atoms with Gasteiger partial charge in [0.25, 0.3) is 20.0 Å². The molecule has 0 unspecified atom stereocenters. The molecule has 0 aromatic heterocycles. The van der Waals surface area contributed by atoms with Crippen LogP contribution in [-0.2, 0) is 20.0 Å². The predicted molar refractivity (Wildman–Crippen MR) is 105 cm³/mol. The van der Waals surface area contributed by atoms with Crippen molar-refractivity contribution >= 4 is 31.6 Å². The van der Waals surface area contributed by atoms with E-state index in [1.165, 1.54) is 24.3 Å². The van der Waals surface area contributed by atoms with Crippen LogP contribution in [-0.4, -0.2) is 29.2 Å². The molecule has 11 heteroatoms. The minimum atomic E-state index is -4.25. The van der Waals surface area contributed by atoms with Crippen molar-refractivity contribution in [3.63, 3.8) is 0 Å². The van der Waals surface area contributed by atoms with Crippen molar-refractivity contribution < 1.29 is 25.6 Å². The lowest BCUT2D eigenvalue weighted by molar-refractivity contribution is 0.568. The van der Waals surface area contributed by atoms with Gasteiger partial charge in [-0.15, -0.1) is 0 Å². The molecule has 0 fully saturated rings. The van der Waals surface area contributed by atoms with E-state index in [0.29, 0.717) is 37.0 Å². The molecule has 1 aliphatic rings. The Morgan fingerprint density at radius 3 is 2.03 bits per heavy atom. The molecule has 0 saturated carbocycles. The number of aliphatic imine (C=N–C) groups is 1. The van der Waals surface area contributed by atoms with Crippen molar-refractivity contribution in [1.29, 1.82) is 0 Å². The van der Waals surface area contributed by atoms with E-state index in [9.17, 15) is 25.6 Å². The third kappa shape index (κ3) is 5.51. The van der Waals surface area contributed by atoms with Crippen molar-refractivity contribution in [3.05, 3.63) is 54.1 Å². The number of hydrogen-bond acceptors (Lipinski definition) is 5. The first-order valence-electron chi connectivity index (χ1n) is 8.81. The molecule has 3 rings (SSSR count). The van der Waals surface area contributed by atoms with Crippen LogP contribution in [0.15, 0.2) is 57.2 Å². The van der Waals surface area contributed by atoms with Crippen molar-refractivity contribution in [3.8, 4) is 0 Å². The summed E-state index contributed by atoms with van der Waals surface area (Å²) in [5.74, 6) is -1.65. The highest BCUT2D eigenvalue weighted by Crippen LogP contribution is 2.20. The van der Waals surface area contributed by atoms with Crippen LogP contribution in [0.25, 0.3) is 0 Å². The van der Waals surface area contributed by atoms with E-state index in [2.05, 4.69) is 14.4 Å². The van der Waals surface area contributed by atoms with Gasteiger partial charge in [0.05, 0.1) is 9.79 Å². The van der Waals surface area contributed by atoms with Crippen LogP contribution in [0.3, 0.4) is 0 Å². The van der Waals surface area contributed by atoms with Gasteiger partial charge in [-0.05, 0) is 49.2 Å². The Morgan fingerprint density at radius 2 is 1.38 bits per heavy atom. The van der Waals surface area contributed by atoms with Gasteiger partial charge in [0, 0.05) is 24.7 Å². The zero-order valence-corrected chi connectivity index (χ0v) is 16.9. The Bertz CT molecular complexity index is 1110. The highest BCUT2D eigenvalue weighted by atomic mass is 32.2.